The molecule has 0 unspecified atom stereocenters. The van der Waals surface area contributed by atoms with Crippen molar-refractivity contribution in [1.29, 1.82) is 0 Å². The summed E-state index contributed by atoms with van der Waals surface area (Å²) in [5.74, 6) is -0.806. The Morgan fingerprint density at radius 3 is 2.67 bits per heavy atom. The molecule has 0 spiro atoms. The number of hydrogen-bond donors (Lipinski definition) is 1. The first-order valence-electron chi connectivity index (χ1n) is 5.97. The smallest absolute Gasteiger partial charge is 0.371 e. The van der Waals surface area contributed by atoms with E-state index in [-0.39, 0.29) is 18.1 Å². The molecule has 106 valence electrons. The van der Waals surface area contributed by atoms with Gasteiger partial charge in [-0.2, -0.15) is 0 Å². The van der Waals surface area contributed by atoms with E-state index in [1.807, 2.05) is 0 Å². The summed E-state index contributed by atoms with van der Waals surface area (Å²) in [4.78, 5) is 10.8. The van der Waals surface area contributed by atoms with Crippen molar-refractivity contribution in [2.24, 2.45) is 0 Å². The van der Waals surface area contributed by atoms with Gasteiger partial charge in [0.05, 0.1) is 0 Å². The molecule has 0 radical (unpaired) electrons. The SMILES string of the molecule is O=C(O)c1ccc(Cn2nnnc2-c2ccc(F)cc2)o1. The van der Waals surface area contributed by atoms with Crippen LogP contribution in [0.3, 0.4) is 0 Å². The van der Waals surface area contributed by atoms with Gasteiger partial charge in [-0.15, -0.1) is 5.10 Å². The Morgan fingerprint density at radius 2 is 2.00 bits per heavy atom. The van der Waals surface area contributed by atoms with Crippen molar-refractivity contribution in [2.45, 2.75) is 6.54 Å². The minimum Gasteiger partial charge on any atom is -0.475 e. The standard InChI is InChI=1S/C13H9FN4O3/c14-9-3-1-8(2-4-9)12-15-16-17-18(12)7-10-5-6-11(21-10)13(19)20/h1-6H,7H2,(H,19,20). The summed E-state index contributed by atoms with van der Waals surface area (Å²) in [7, 11) is 0. The van der Waals surface area contributed by atoms with Crippen molar-refractivity contribution >= 4 is 5.97 Å². The first-order chi connectivity index (χ1) is 10.1. The van der Waals surface area contributed by atoms with Crippen molar-refractivity contribution < 1.29 is 18.7 Å². The number of benzene rings is 1. The predicted octanol–water partition coefficient (Wildman–Crippen LogP) is 1.82. The highest BCUT2D eigenvalue weighted by Crippen LogP contribution is 2.18. The monoisotopic (exact) mass is 288 g/mol. The molecule has 0 bridgehead atoms. The second kappa shape index (κ2) is 5.16. The fourth-order valence-electron chi connectivity index (χ4n) is 1.84. The van der Waals surface area contributed by atoms with E-state index in [0.29, 0.717) is 17.1 Å². The van der Waals surface area contributed by atoms with E-state index in [2.05, 4.69) is 15.5 Å². The van der Waals surface area contributed by atoms with Gasteiger partial charge in [-0.05, 0) is 46.8 Å². The average Bonchev–Trinajstić information content (AvgIpc) is 3.10. The fraction of sp³-hybridized carbons (Fsp3) is 0.0769. The van der Waals surface area contributed by atoms with Crippen LogP contribution in [-0.2, 0) is 6.54 Å². The zero-order valence-electron chi connectivity index (χ0n) is 10.6. The number of carboxylic acid groups (broad SMARTS) is 1. The maximum Gasteiger partial charge on any atom is 0.371 e. The van der Waals surface area contributed by atoms with Gasteiger partial charge in [-0.1, -0.05) is 0 Å². The molecule has 0 aliphatic rings. The molecule has 0 amide bonds. The Hall–Kier alpha value is -3.03. The van der Waals surface area contributed by atoms with Crippen LogP contribution in [0.4, 0.5) is 4.39 Å². The van der Waals surface area contributed by atoms with Gasteiger partial charge >= 0.3 is 5.97 Å². The van der Waals surface area contributed by atoms with Crippen LogP contribution in [-0.4, -0.2) is 31.3 Å². The van der Waals surface area contributed by atoms with Gasteiger partial charge in [0.15, 0.2) is 5.82 Å². The van der Waals surface area contributed by atoms with Crippen molar-refractivity contribution in [3.63, 3.8) is 0 Å². The third-order valence-corrected chi connectivity index (χ3v) is 2.81. The number of halogens is 1. The summed E-state index contributed by atoms with van der Waals surface area (Å²) >= 11 is 0. The minimum atomic E-state index is -1.14. The molecule has 1 aromatic carbocycles. The summed E-state index contributed by atoms with van der Waals surface area (Å²) < 4.78 is 19.5. The van der Waals surface area contributed by atoms with Gasteiger partial charge in [0, 0.05) is 5.56 Å². The molecular formula is C13H9FN4O3. The Kier molecular flexibility index (Phi) is 3.19. The van der Waals surface area contributed by atoms with E-state index in [9.17, 15) is 9.18 Å². The van der Waals surface area contributed by atoms with Gasteiger partial charge < -0.3 is 9.52 Å². The van der Waals surface area contributed by atoms with Crippen LogP contribution >= 0.6 is 0 Å². The van der Waals surface area contributed by atoms with Crippen molar-refractivity contribution in [3.05, 3.63) is 53.7 Å². The molecule has 21 heavy (non-hydrogen) atoms. The third kappa shape index (κ3) is 2.64. The maximum atomic E-state index is 12.9. The fourth-order valence-corrected chi connectivity index (χ4v) is 1.84. The number of hydrogen-bond acceptors (Lipinski definition) is 5. The quantitative estimate of drug-likeness (QED) is 0.787. The second-order valence-corrected chi connectivity index (χ2v) is 4.24. The first kappa shape index (κ1) is 13.0. The Morgan fingerprint density at radius 1 is 1.24 bits per heavy atom. The number of furan rings is 1. The van der Waals surface area contributed by atoms with Gasteiger partial charge in [0.1, 0.15) is 18.1 Å². The molecule has 3 rings (SSSR count). The molecule has 3 aromatic rings. The number of nitrogens with zero attached hydrogens (tertiary/aromatic N) is 4. The van der Waals surface area contributed by atoms with Gasteiger partial charge in [-0.25, -0.2) is 13.9 Å². The third-order valence-electron chi connectivity index (χ3n) is 2.81. The van der Waals surface area contributed by atoms with E-state index >= 15 is 0 Å². The summed E-state index contributed by atoms with van der Waals surface area (Å²) in [6.45, 7) is 0.174. The van der Waals surface area contributed by atoms with E-state index < -0.39 is 5.97 Å². The number of carbonyl (C=O) groups is 1. The highest BCUT2D eigenvalue weighted by Gasteiger charge is 2.13. The topological polar surface area (TPSA) is 94.0 Å². The van der Waals surface area contributed by atoms with E-state index in [1.165, 1.54) is 22.9 Å². The Bertz CT molecular complexity index is 779. The lowest BCUT2D eigenvalue weighted by Gasteiger charge is -2.02. The Balaban J connectivity index is 1.88. The Labute approximate surface area is 117 Å². The summed E-state index contributed by atoms with van der Waals surface area (Å²) in [5.41, 5.74) is 0.645. The molecule has 1 N–H and O–H groups in total. The zero-order chi connectivity index (χ0) is 14.8. The van der Waals surface area contributed by atoms with E-state index in [1.54, 1.807) is 18.2 Å². The first-order valence-corrected chi connectivity index (χ1v) is 5.97. The van der Waals surface area contributed by atoms with Crippen molar-refractivity contribution in [1.82, 2.24) is 20.2 Å². The minimum absolute atomic E-state index is 0.151. The number of aromatic carboxylic acids is 1. The van der Waals surface area contributed by atoms with Crippen LogP contribution in [0.25, 0.3) is 11.4 Å². The van der Waals surface area contributed by atoms with E-state index in [0.717, 1.165) is 0 Å². The van der Waals surface area contributed by atoms with Gasteiger partial charge in [-0.3, -0.25) is 0 Å². The normalized spacial score (nSPS) is 10.7. The van der Waals surface area contributed by atoms with Crippen LogP contribution in [0, 0.1) is 5.82 Å². The molecule has 0 fully saturated rings. The molecule has 0 aliphatic carbocycles. The number of rotatable bonds is 4. The highest BCUT2D eigenvalue weighted by molar-refractivity contribution is 5.84. The molecule has 0 saturated carbocycles. The van der Waals surface area contributed by atoms with E-state index in [4.69, 9.17) is 9.52 Å². The van der Waals surface area contributed by atoms with Crippen LogP contribution in [0.2, 0.25) is 0 Å². The summed E-state index contributed by atoms with van der Waals surface area (Å²) in [6, 6.07) is 8.64. The molecule has 2 aromatic heterocycles. The summed E-state index contributed by atoms with van der Waals surface area (Å²) in [6.07, 6.45) is 0. The lowest BCUT2D eigenvalue weighted by atomic mass is 10.2. The van der Waals surface area contributed by atoms with Crippen molar-refractivity contribution in [3.8, 4) is 11.4 Å². The molecule has 7 nitrogen and oxygen atoms in total. The molecule has 0 aliphatic heterocycles. The highest BCUT2D eigenvalue weighted by atomic mass is 19.1. The maximum absolute atomic E-state index is 12.9. The second-order valence-electron chi connectivity index (χ2n) is 4.24. The summed E-state index contributed by atoms with van der Waals surface area (Å²) in [5, 5.41) is 20.1. The molecule has 8 heteroatoms. The van der Waals surface area contributed by atoms with Crippen LogP contribution in [0.1, 0.15) is 16.3 Å². The lowest BCUT2D eigenvalue weighted by Crippen LogP contribution is -2.03. The number of carboxylic acids is 1. The average molecular weight is 288 g/mol. The van der Waals surface area contributed by atoms with Gasteiger partial charge in [0.2, 0.25) is 5.76 Å². The number of aromatic nitrogens is 4. The molecule has 0 saturated heterocycles. The van der Waals surface area contributed by atoms with Crippen LogP contribution in [0.5, 0.6) is 0 Å². The molecule has 2 heterocycles. The van der Waals surface area contributed by atoms with Crippen LogP contribution in [0.15, 0.2) is 40.8 Å². The number of tetrazole rings is 1. The molecule has 0 atom stereocenters. The predicted molar refractivity (Wildman–Crippen MR) is 68.0 cm³/mol. The molecular weight excluding hydrogens is 279 g/mol. The van der Waals surface area contributed by atoms with Gasteiger partial charge in [0.25, 0.3) is 0 Å². The largest absolute Gasteiger partial charge is 0.475 e. The lowest BCUT2D eigenvalue weighted by molar-refractivity contribution is 0.0660. The van der Waals surface area contributed by atoms with Crippen molar-refractivity contribution in [2.75, 3.05) is 0 Å². The zero-order valence-corrected chi connectivity index (χ0v) is 10.6. The van der Waals surface area contributed by atoms with Crippen LogP contribution < -0.4 is 0 Å².